The van der Waals surface area contributed by atoms with E-state index >= 15 is 0 Å². The summed E-state index contributed by atoms with van der Waals surface area (Å²) in [5.74, 6) is 0. The lowest BCUT2D eigenvalue weighted by Crippen LogP contribution is -2.41. The zero-order valence-corrected chi connectivity index (χ0v) is 19.9. The highest BCUT2D eigenvalue weighted by molar-refractivity contribution is 7.80. The van der Waals surface area contributed by atoms with E-state index in [9.17, 15) is 4.79 Å². The highest BCUT2D eigenvalue weighted by atomic mass is 32.1. The number of rotatable bonds is 6. The molecule has 0 aliphatic rings. The van der Waals surface area contributed by atoms with Crippen molar-refractivity contribution in [2.75, 3.05) is 0 Å². The third kappa shape index (κ3) is 5.46. The summed E-state index contributed by atoms with van der Waals surface area (Å²) in [6.07, 6.45) is 3.58. The van der Waals surface area contributed by atoms with Crippen molar-refractivity contribution >= 4 is 28.2 Å². The Bertz CT molecular complexity index is 1320. The van der Waals surface area contributed by atoms with Crippen molar-refractivity contribution in [1.82, 2.24) is 20.2 Å². The van der Waals surface area contributed by atoms with Crippen LogP contribution in [0.1, 0.15) is 40.8 Å². The van der Waals surface area contributed by atoms with E-state index in [1.807, 2.05) is 53.6 Å². The number of hydrogen-bond donors (Lipinski definition) is 2. The Balaban J connectivity index is 1.63. The van der Waals surface area contributed by atoms with Gasteiger partial charge < -0.3 is 15.2 Å². The van der Waals surface area contributed by atoms with E-state index in [1.54, 1.807) is 6.20 Å². The summed E-state index contributed by atoms with van der Waals surface area (Å²) in [6.45, 7) is 7.15. The quantitative estimate of drug-likeness (QED) is 0.392. The monoisotopic (exact) mass is 456 g/mol. The zero-order chi connectivity index (χ0) is 23.4. The average Bonchev–Trinajstić information content (AvgIpc) is 2.81. The standard InChI is InChI=1S/C27H28N4OS/c1-18-12-23-14-24(26(32)30-25(23)13-19(18)2)17-31(16-21-8-7-11-28-15-21)27(33)29-20(3)22-9-5-4-6-10-22/h4-15,20H,16-17H2,1-3H3,(H,29,33)(H,30,32)/t20-/m0/s1. The van der Waals surface area contributed by atoms with Crippen LogP contribution >= 0.6 is 12.2 Å². The number of nitrogens with one attached hydrogen (secondary N) is 2. The minimum Gasteiger partial charge on any atom is -0.356 e. The normalized spacial score (nSPS) is 11.8. The molecule has 0 unspecified atom stereocenters. The number of H-pyrrole nitrogens is 1. The van der Waals surface area contributed by atoms with Gasteiger partial charge in [0.25, 0.3) is 5.56 Å². The highest BCUT2D eigenvalue weighted by Gasteiger charge is 2.17. The van der Waals surface area contributed by atoms with Crippen LogP contribution in [0.2, 0.25) is 0 Å². The third-order valence-electron chi connectivity index (χ3n) is 5.92. The van der Waals surface area contributed by atoms with Crippen LogP contribution in [0.3, 0.4) is 0 Å². The number of hydrogen-bond acceptors (Lipinski definition) is 3. The van der Waals surface area contributed by atoms with Gasteiger partial charge in [-0.2, -0.15) is 0 Å². The molecule has 1 atom stereocenters. The van der Waals surface area contributed by atoms with Gasteiger partial charge in [-0.15, -0.1) is 0 Å². The molecule has 168 valence electrons. The van der Waals surface area contributed by atoms with Gasteiger partial charge in [0, 0.05) is 30.0 Å². The molecule has 0 saturated heterocycles. The first-order chi connectivity index (χ1) is 15.9. The van der Waals surface area contributed by atoms with Crippen LogP contribution in [0, 0.1) is 13.8 Å². The van der Waals surface area contributed by atoms with Crippen molar-refractivity contribution < 1.29 is 0 Å². The molecule has 0 amide bonds. The molecule has 2 aromatic heterocycles. The molecule has 2 aromatic carbocycles. The second-order valence-corrected chi connectivity index (χ2v) is 8.83. The van der Waals surface area contributed by atoms with Gasteiger partial charge in [-0.05, 0) is 84.9 Å². The molecule has 0 aliphatic carbocycles. The molecule has 33 heavy (non-hydrogen) atoms. The molecule has 5 nitrogen and oxygen atoms in total. The van der Waals surface area contributed by atoms with Crippen LogP contribution in [0.15, 0.2) is 77.9 Å². The average molecular weight is 457 g/mol. The Morgan fingerprint density at radius 3 is 2.55 bits per heavy atom. The third-order valence-corrected chi connectivity index (χ3v) is 6.30. The Morgan fingerprint density at radius 1 is 1.06 bits per heavy atom. The summed E-state index contributed by atoms with van der Waals surface area (Å²) in [5, 5.41) is 5.05. The predicted molar refractivity (Wildman–Crippen MR) is 138 cm³/mol. The van der Waals surface area contributed by atoms with E-state index < -0.39 is 0 Å². The van der Waals surface area contributed by atoms with E-state index in [0.29, 0.717) is 23.8 Å². The summed E-state index contributed by atoms with van der Waals surface area (Å²) in [4.78, 5) is 22.2. The summed E-state index contributed by atoms with van der Waals surface area (Å²) in [6, 6.07) is 20.2. The SMILES string of the molecule is Cc1cc2cc(CN(Cc3cccnc3)C(=S)N[C@@H](C)c3ccccc3)c(=O)[nH]c2cc1C. The minimum absolute atomic E-state index is 0.0376. The predicted octanol–water partition coefficient (Wildman–Crippen LogP) is 5.18. The Morgan fingerprint density at radius 2 is 1.82 bits per heavy atom. The molecule has 2 N–H and O–H groups in total. The maximum atomic E-state index is 12.9. The van der Waals surface area contributed by atoms with Crippen molar-refractivity contribution in [2.45, 2.75) is 39.9 Å². The van der Waals surface area contributed by atoms with Crippen molar-refractivity contribution in [1.29, 1.82) is 0 Å². The van der Waals surface area contributed by atoms with E-state index in [1.165, 1.54) is 5.56 Å². The first kappa shape index (κ1) is 22.7. The molecule has 4 aromatic rings. The number of aromatic nitrogens is 2. The molecule has 4 rings (SSSR count). The lowest BCUT2D eigenvalue weighted by molar-refractivity contribution is 0.391. The molecule has 0 saturated carbocycles. The first-order valence-corrected chi connectivity index (χ1v) is 11.4. The Hall–Kier alpha value is -3.51. The van der Waals surface area contributed by atoms with Gasteiger partial charge in [-0.25, -0.2) is 0 Å². The number of aromatic amines is 1. The summed E-state index contributed by atoms with van der Waals surface area (Å²) in [7, 11) is 0. The molecule has 0 fully saturated rings. The number of thiocarbonyl (C=S) groups is 1. The van der Waals surface area contributed by atoms with Crippen LogP contribution in [0.25, 0.3) is 10.9 Å². The maximum Gasteiger partial charge on any atom is 0.253 e. The summed E-state index contributed by atoms with van der Waals surface area (Å²) >= 11 is 5.81. The number of fused-ring (bicyclic) bond motifs is 1. The molecule has 2 heterocycles. The van der Waals surface area contributed by atoms with Crippen LogP contribution in [0.4, 0.5) is 0 Å². The fraction of sp³-hybridized carbons (Fsp3) is 0.222. The number of nitrogens with zero attached hydrogens (tertiary/aromatic N) is 2. The zero-order valence-electron chi connectivity index (χ0n) is 19.1. The lowest BCUT2D eigenvalue weighted by atomic mass is 10.0. The molecule has 0 bridgehead atoms. The van der Waals surface area contributed by atoms with Crippen LogP contribution in [-0.4, -0.2) is 20.0 Å². The smallest absolute Gasteiger partial charge is 0.253 e. The van der Waals surface area contributed by atoms with Gasteiger partial charge in [0.2, 0.25) is 0 Å². The minimum atomic E-state index is -0.0964. The molecule has 6 heteroatoms. The largest absolute Gasteiger partial charge is 0.356 e. The maximum absolute atomic E-state index is 12.9. The summed E-state index contributed by atoms with van der Waals surface area (Å²) in [5.41, 5.74) is 5.95. The molecule has 0 radical (unpaired) electrons. The van der Waals surface area contributed by atoms with Crippen LogP contribution < -0.4 is 10.9 Å². The van der Waals surface area contributed by atoms with Crippen molar-refractivity contribution in [3.05, 3.63) is 111 Å². The van der Waals surface area contributed by atoms with Gasteiger partial charge in [0.1, 0.15) is 0 Å². The van der Waals surface area contributed by atoms with Gasteiger partial charge in [-0.3, -0.25) is 9.78 Å². The molecular formula is C27H28N4OS. The van der Waals surface area contributed by atoms with Crippen molar-refractivity contribution in [3.8, 4) is 0 Å². The van der Waals surface area contributed by atoms with E-state index in [0.717, 1.165) is 27.6 Å². The Labute approximate surface area is 199 Å². The van der Waals surface area contributed by atoms with Crippen molar-refractivity contribution in [2.24, 2.45) is 0 Å². The second-order valence-electron chi connectivity index (χ2n) is 8.45. The van der Waals surface area contributed by atoms with Gasteiger partial charge in [0.15, 0.2) is 5.11 Å². The van der Waals surface area contributed by atoms with Gasteiger partial charge in [-0.1, -0.05) is 36.4 Å². The molecule has 0 aliphatic heterocycles. The Kier molecular flexibility index (Phi) is 6.84. The van der Waals surface area contributed by atoms with E-state index in [4.69, 9.17) is 12.2 Å². The van der Waals surface area contributed by atoms with E-state index in [2.05, 4.69) is 54.3 Å². The fourth-order valence-electron chi connectivity index (χ4n) is 3.86. The van der Waals surface area contributed by atoms with Gasteiger partial charge in [0.05, 0.1) is 12.6 Å². The summed E-state index contributed by atoms with van der Waals surface area (Å²) < 4.78 is 0. The highest BCUT2D eigenvalue weighted by Crippen LogP contribution is 2.19. The topological polar surface area (TPSA) is 61.0 Å². The van der Waals surface area contributed by atoms with E-state index in [-0.39, 0.29) is 11.6 Å². The second kappa shape index (κ2) is 9.96. The molecular weight excluding hydrogens is 428 g/mol. The lowest BCUT2D eigenvalue weighted by Gasteiger charge is -2.28. The first-order valence-electron chi connectivity index (χ1n) is 11.0. The molecule has 0 spiro atoms. The number of benzene rings is 2. The van der Waals surface area contributed by atoms with Crippen molar-refractivity contribution in [3.63, 3.8) is 0 Å². The van der Waals surface area contributed by atoms with Crippen LogP contribution in [-0.2, 0) is 13.1 Å². The van der Waals surface area contributed by atoms with Gasteiger partial charge >= 0.3 is 0 Å². The number of aryl methyl sites for hydroxylation is 2. The van der Waals surface area contributed by atoms with Crippen LogP contribution in [0.5, 0.6) is 0 Å². The fourth-order valence-corrected chi connectivity index (χ4v) is 4.16. The number of pyridine rings is 2.